The molecule has 1 aliphatic carbocycles. The SMILES string of the molecule is Cl.O=C(O)C1(CCCCCCn2ccnc2)CCCCC1. The number of unbranched alkanes of at least 4 members (excludes halogenated alkanes) is 3. The number of carboxylic acids is 1. The van der Waals surface area contributed by atoms with Crippen LogP contribution in [0.3, 0.4) is 0 Å². The zero-order valence-electron chi connectivity index (χ0n) is 12.7. The number of imidazole rings is 1. The van der Waals surface area contributed by atoms with E-state index in [4.69, 9.17) is 0 Å². The molecule has 0 atom stereocenters. The van der Waals surface area contributed by atoms with Crippen molar-refractivity contribution in [3.8, 4) is 0 Å². The van der Waals surface area contributed by atoms with Crippen LogP contribution in [0.1, 0.15) is 64.2 Å². The Bertz CT molecular complexity index is 400. The number of halogens is 1. The van der Waals surface area contributed by atoms with Crippen LogP contribution in [-0.2, 0) is 11.3 Å². The molecule has 2 rings (SSSR count). The van der Waals surface area contributed by atoms with Crippen molar-refractivity contribution in [1.82, 2.24) is 9.55 Å². The zero-order chi connectivity index (χ0) is 14.3. The van der Waals surface area contributed by atoms with E-state index in [0.29, 0.717) is 0 Å². The van der Waals surface area contributed by atoms with Gasteiger partial charge in [-0.3, -0.25) is 4.79 Å². The van der Waals surface area contributed by atoms with Crippen LogP contribution < -0.4 is 0 Å². The first-order chi connectivity index (χ1) is 9.73. The number of carbonyl (C=O) groups is 1. The first kappa shape index (κ1) is 18.0. The zero-order valence-corrected chi connectivity index (χ0v) is 13.5. The third kappa shape index (κ3) is 5.34. The highest BCUT2D eigenvalue weighted by molar-refractivity contribution is 5.85. The van der Waals surface area contributed by atoms with Crippen molar-refractivity contribution in [2.24, 2.45) is 5.41 Å². The quantitative estimate of drug-likeness (QED) is 0.728. The molecule has 0 unspecified atom stereocenters. The number of aromatic nitrogens is 2. The van der Waals surface area contributed by atoms with E-state index in [1.54, 1.807) is 6.20 Å². The van der Waals surface area contributed by atoms with Gasteiger partial charge in [0.25, 0.3) is 0 Å². The van der Waals surface area contributed by atoms with Crippen LogP contribution >= 0.6 is 12.4 Å². The van der Waals surface area contributed by atoms with Crippen LogP contribution in [0.5, 0.6) is 0 Å². The van der Waals surface area contributed by atoms with Crippen LogP contribution in [0.15, 0.2) is 18.7 Å². The molecule has 1 fully saturated rings. The second-order valence-corrected chi connectivity index (χ2v) is 6.11. The monoisotopic (exact) mass is 314 g/mol. The number of rotatable bonds is 8. The minimum Gasteiger partial charge on any atom is -0.481 e. The van der Waals surface area contributed by atoms with Crippen LogP contribution in [0.4, 0.5) is 0 Å². The van der Waals surface area contributed by atoms with Crippen molar-refractivity contribution in [1.29, 1.82) is 0 Å². The Morgan fingerprint density at radius 1 is 1.14 bits per heavy atom. The molecule has 120 valence electrons. The van der Waals surface area contributed by atoms with Gasteiger partial charge in [0, 0.05) is 18.9 Å². The number of carboxylic acid groups (broad SMARTS) is 1. The minimum absolute atomic E-state index is 0. The van der Waals surface area contributed by atoms with E-state index in [9.17, 15) is 9.90 Å². The van der Waals surface area contributed by atoms with Crippen molar-refractivity contribution in [2.45, 2.75) is 70.8 Å². The lowest BCUT2D eigenvalue weighted by Gasteiger charge is -2.33. The molecule has 5 heteroatoms. The van der Waals surface area contributed by atoms with Gasteiger partial charge in [0.1, 0.15) is 0 Å². The molecule has 0 bridgehead atoms. The maximum absolute atomic E-state index is 11.5. The molecule has 4 nitrogen and oxygen atoms in total. The van der Waals surface area contributed by atoms with Crippen molar-refractivity contribution in [2.75, 3.05) is 0 Å². The lowest BCUT2D eigenvalue weighted by molar-refractivity contribution is -0.151. The minimum atomic E-state index is -0.560. The molecule has 0 aromatic carbocycles. The summed E-state index contributed by atoms with van der Waals surface area (Å²) in [5.74, 6) is -0.560. The molecule has 0 radical (unpaired) electrons. The summed E-state index contributed by atoms with van der Waals surface area (Å²) in [6.45, 7) is 1.02. The first-order valence-electron chi connectivity index (χ1n) is 7.92. The fourth-order valence-corrected chi connectivity index (χ4v) is 3.33. The molecule has 0 saturated heterocycles. The predicted molar refractivity (Wildman–Crippen MR) is 85.7 cm³/mol. The van der Waals surface area contributed by atoms with E-state index >= 15 is 0 Å². The van der Waals surface area contributed by atoms with E-state index < -0.39 is 11.4 Å². The maximum atomic E-state index is 11.5. The van der Waals surface area contributed by atoms with Crippen LogP contribution in [0, 0.1) is 5.41 Å². The maximum Gasteiger partial charge on any atom is 0.309 e. The van der Waals surface area contributed by atoms with Crippen LogP contribution in [0.2, 0.25) is 0 Å². The van der Waals surface area contributed by atoms with E-state index in [1.165, 1.54) is 12.8 Å². The Morgan fingerprint density at radius 2 is 1.86 bits per heavy atom. The highest BCUT2D eigenvalue weighted by atomic mass is 35.5. The van der Waals surface area contributed by atoms with E-state index in [0.717, 1.165) is 57.9 Å². The number of aryl methyl sites for hydroxylation is 1. The molecule has 1 heterocycles. The van der Waals surface area contributed by atoms with Gasteiger partial charge in [-0.2, -0.15) is 0 Å². The lowest BCUT2D eigenvalue weighted by atomic mass is 9.71. The van der Waals surface area contributed by atoms with E-state index in [1.807, 2.05) is 12.5 Å². The standard InChI is InChI=1S/C16H26N2O2.ClH/c19-15(20)16(9-5-3-6-10-16)8-4-1-2-7-12-18-13-11-17-14-18;/h11,13-14H,1-10,12H2,(H,19,20);1H. The van der Waals surface area contributed by atoms with Gasteiger partial charge in [-0.25, -0.2) is 4.98 Å². The average Bonchev–Trinajstić information content (AvgIpc) is 2.97. The fraction of sp³-hybridized carbons (Fsp3) is 0.750. The lowest BCUT2D eigenvalue weighted by Crippen LogP contribution is -2.33. The van der Waals surface area contributed by atoms with Crippen molar-refractivity contribution < 1.29 is 9.90 Å². The van der Waals surface area contributed by atoms with Gasteiger partial charge >= 0.3 is 5.97 Å². The van der Waals surface area contributed by atoms with Gasteiger partial charge < -0.3 is 9.67 Å². The van der Waals surface area contributed by atoms with Gasteiger partial charge in [0.05, 0.1) is 11.7 Å². The predicted octanol–water partition coefficient (Wildman–Crippen LogP) is 4.29. The van der Waals surface area contributed by atoms with E-state index in [2.05, 4.69) is 9.55 Å². The van der Waals surface area contributed by atoms with Crippen molar-refractivity contribution >= 4 is 18.4 Å². The molecule has 1 N–H and O–H groups in total. The molecule has 1 aromatic rings. The third-order valence-corrected chi connectivity index (χ3v) is 4.65. The topological polar surface area (TPSA) is 55.1 Å². The summed E-state index contributed by atoms with van der Waals surface area (Å²) in [5.41, 5.74) is -0.400. The van der Waals surface area contributed by atoms with Crippen molar-refractivity contribution in [3.63, 3.8) is 0 Å². The summed E-state index contributed by atoms with van der Waals surface area (Å²) >= 11 is 0. The Hall–Kier alpha value is -1.03. The first-order valence-corrected chi connectivity index (χ1v) is 7.92. The molecule has 0 aliphatic heterocycles. The summed E-state index contributed by atoms with van der Waals surface area (Å²) in [6, 6.07) is 0. The molecule has 1 aromatic heterocycles. The number of aliphatic carboxylic acids is 1. The Labute approximate surface area is 133 Å². The summed E-state index contributed by atoms with van der Waals surface area (Å²) in [7, 11) is 0. The number of hydrogen-bond donors (Lipinski definition) is 1. The van der Waals surface area contributed by atoms with Crippen LogP contribution in [0.25, 0.3) is 0 Å². The normalized spacial score (nSPS) is 17.1. The molecule has 1 saturated carbocycles. The smallest absolute Gasteiger partial charge is 0.309 e. The second kappa shape index (κ2) is 9.08. The Balaban J connectivity index is 0.00000220. The molecule has 21 heavy (non-hydrogen) atoms. The highest BCUT2D eigenvalue weighted by Gasteiger charge is 2.38. The molecule has 1 aliphatic rings. The molecular weight excluding hydrogens is 288 g/mol. The summed E-state index contributed by atoms with van der Waals surface area (Å²) < 4.78 is 2.10. The van der Waals surface area contributed by atoms with Gasteiger partial charge in [-0.1, -0.05) is 38.5 Å². The highest BCUT2D eigenvalue weighted by Crippen LogP contribution is 2.40. The van der Waals surface area contributed by atoms with Gasteiger partial charge in [-0.15, -0.1) is 12.4 Å². The summed E-state index contributed by atoms with van der Waals surface area (Å²) in [4.78, 5) is 15.6. The largest absolute Gasteiger partial charge is 0.481 e. The Morgan fingerprint density at radius 3 is 2.48 bits per heavy atom. The summed E-state index contributed by atoms with van der Waals surface area (Å²) in [6.07, 6.45) is 16.2. The molecule has 0 spiro atoms. The van der Waals surface area contributed by atoms with Gasteiger partial charge in [0.2, 0.25) is 0 Å². The number of nitrogens with zero attached hydrogens (tertiary/aromatic N) is 2. The number of hydrogen-bond acceptors (Lipinski definition) is 2. The van der Waals surface area contributed by atoms with E-state index in [-0.39, 0.29) is 12.4 Å². The van der Waals surface area contributed by atoms with Gasteiger partial charge in [-0.05, 0) is 25.7 Å². The molecule has 0 amide bonds. The average molecular weight is 315 g/mol. The van der Waals surface area contributed by atoms with Gasteiger partial charge in [0.15, 0.2) is 0 Å². The molecular formula is C16H27ClN2O2. The third-order valence-electron chi connectivity index (χ3n) is 4.65. The summed E-state index contributed by atoms with van der Waals surface area (Å²) in [5, 5.41) is 9.51. The van der Waals surface area contributed by atoms with Crippen molar-refractivity contribution in [3.05, 3.63) is 18.7 Å². The second-order valence-electron chi connectivity index (χ2n) is 6.11. The fourth-order valence-electron chi connectivity index (χ4n) is 3.33. The van der Waals surface area contributed by atoms with Crippen LogP contribution in [-0.4, -0.2) is 20.6 Å². The Kier molecular flexibility index (Phi) is 7.79.